The van der Waals surface area contributed by atoms with E-state index in [1.165, 1.54) is 27.7 Å². The molecule has 1 aliphatic heterocycles. The van der Waals surface area contributed by atoms with Gasteiger partial charge in [0.05, 0.1) is 12.0 Å². The van der Waals surface area contributed by atoms with Gasteiger partial charge < -0.3 is 4.74 Å². The molecule has 1 fully saturated rings. The van der Waals surface area contributed by atoms with Gasteiger partial charge in [0.2, 0.25) is 0 Å². The molecule has 5 nitrogen and oxygen atoms in total. The van der Waals surface area contributed by atoms with Crippen LogP contribution in [0.15, 0.2) is 32.8 Å². The number of esters is 1. The molecule has 0 amide bonds. The smallest absolute Gasteiger partial charge is 0.319 e. The van der Waals surface area contributed by atoms with Crippen LogP contribution >= 0.6 is 34.4 Å². The number of fused-ring (bicyclic) bond motifs is 1. The maximum absolute atomic E-state index is 12.8. The van der Waals surface area contributed by atoms with E-state index < -0.39 is 0 Å². The lowest BCUT2D eigenvalue weighted by molar-refractivity contribution is -0.137. The Balaban J connectivity index is 1.82. The van der Waals surface area contributed by atoms with Crippen LogP contribution in [0.2, 0.25) is 0 Å². The summed E-state index contributed by atoms with van der Waals surface area (Å²) in [5.74, 6) is -0.227. The van der Waals surface area contributed by atoms with E-state index in [4.69, 9.17) is 4.74 Å². The highest BCUT2D eigenvalue weighted by atomic mass is 32.2. The summed E-state index contributed by atoms with van der Waals surface area (Å²) in [6, 6.07) is 3.97. The molecule has 4 rings (SSSR count). The summed E-state index contributed by atoms with van der Waals surface area (Å²) in [4.78, 5) is 30.8. The van der Waals surface area contributed by atoms with Gasteiger partial charge in [-0.3, -0.25) is 14.2 Å². The topological polar surface area (TPSA) is 61.2 Å². The summed E-state index contributed by atoms with van der Waals surface area (Å²) < 4.78 is 6.51. The molecule has 1 saturated heterocycles. The third-order valence-corrected chi connectivity index (χ3v) is 6.76. The number of carbonyl (C=O) groups is 1. The number of hydrogen-bond acceptors (Lipinski definition) is 7. The molecule has 4 heterocycles. The Kier molecular flexibility index (Phi) is 3.74. The van der Waals surface area contributed by atoms with Crippen molar-refractivity contribution in [1.29, 1.82) is 0 Å². The first-order chi connectivity index (χ1) is 11.1. The average Bonchev–Trinajstić information content (AvgIpc) is 3.25. The van der Waals surface area contributed by atoms with Crippen LogP contribution in [0.5, 0.6) is 0 Å². The van der Waals surface area contributed by atoms with Crippen LogP contribution in [0.3, 0.4) is 0 Å². The van der Waals surface area contributed by atoms with Gasteiger partial charge in [0.1, 0.15) is 10.1 Å². The Hall–Kier alpha value is -1.64. The number of nitrogens with zero attached hydrogens (tertiary/aromatic N) is 2. The van der Waals surface area contributed by atoms with E-state index in [0.29, 0.717) is 28.4 Å². The van der Waals surface area contributed by atoms with E-state index in [9.17, 15) is 9.59 Å². The van der Waals surface area contributed by atoms with Gasteiger partial charge in [-0.15, -0.1) is 22.7 Å². The Bertz CT molecular complexity index is 943. The van der Waals surface area contributed by atoms with E-state index in [0.717, 1.165) is 10.4 Å². The molecule has 1 unspecified atom stereocenters. The van der Waals surface area contributed by atoms with Crippen LogP contribution in [0, 0.1) is 0 Å². The third kappa shape index (κ3) is 2.50. The Morgan fingerprint density at radius 3 is 2.96 bits per heavy atom. The first-order valence-corrected chi connectivity index (χ1v) is 9.64. The van der Waals surface area contributed by atoms with E-state index in [-0.39, 0.29) is 16.8 Å². The summed E-state index contributed by atoms with van der Waals surface area (Å²) in [6.45, 7) is 0.439. The van der Waals surface area contributed by atoms with Crippen molar-refractivity contribution >= 4 is 50.6 Å². The predicted octanol–water partition coefficient (Wildman–Crippen LogP) is 3.13. The Morgan fingerprint density at radius 1 is 1.39 bits per heavy atom. The van der Waals surface area contributed by atoms with Crippen molar-refractivity contribution in [3.63, 3.8) is 0 Å². The second kappa shape index (κ2) is 5.77. The van der Waals surface area contributed by atoms with Crippen LogP contribution in [-0.2, 0) is 16.6 Å². The fourth-order valence-corrected chi connectivity index (χ4v) is 5.31. The normalized spacial score (nSPS) is 17.8. The highest BCUT2D eigenvalue weighted by molar-refractivity contribution is 8.00. The van der Waals surface area contributed by atoms with Crippen molar-refractivity contribution in [3.8, 4) is 10.4 Å². The van der Waals surface area contributed by atoms with Gasteiger partial charge >= 0.3 is 5.97 Å². The van der Waals surface area contributed by atoms with Gasteiger partial charge in [-0.05, 0) is 11.4 Å². The molecule has 0 bridgehead atoms. The second-order valence-corrected chi connectivity index (χ2v) is 8.10. The number of rotatable bonds is 3. The van der Waals surface area contributed by atoms with E-state index in [2.05, 4.69) is 4.98 Å². The van der Waals surface area contributed by atoms with Gasteiger partial charge in [0.15, 0.2) is 5.16 Å². The zero-order valence-corrected chi connectivity index (χ0v) is 14.6. The van der Waals surface area contributed by atoms with Crippen molar-refractivity contribution in [2.24, 2.45) is 7.05 Å². The molecule has 0 saturated carbocycles. The minimum Gasteiger partial charge on any atom is -0.465 e. The summed E-state index contributed by atoms with van der Waals surface area (Å²) in [7, 11) is 1.70. The number of carbonyl (C=O) groups excluding carboxylic acids is 1. The summed E-state index contributed by atoms with van der Waals surface area (Å²) >= 11 is 4.37. The third-order valence-electron chi connectivity index (χ3n) is 3.70. The molecule has 1 aliphatic rings. The minimum absolute atomic E-state index is 0.0754. The maximum Gasteiger partial charge on any atom is 0.319 e. The predicted molar refractivity (Wildman–Crippen MR) is 93.4 cm³/mol. The summed E-state index contributed by atoms with van der Waals surface area (Å²) in [5, 5.41) is 4.90. The van der Waals surface area contributed by atoms with E-state index in [1.807, 2.05) is 22.9 Å². The zero-order chi connectivity index (χ0) is 16.0. The van der Waals surface area contributed by atoms with Gasteiger partial charge in [0, 0.05) is 29.3 Å². The van der Waals surface area contributed by atoms with Crippen molar-refractivity contribution in [3.05, 3.63) is 33.2 Å². The second-order valence-electron chi connectivity index (χ2n) is 5.13. The van der Waals surface area contributed by atoms with Crippen LogP contribution in [0.1, 0.15) is 6.42 Å². The number of aromatic nitrogens is 2. The SMILES string of the molecule is Cn1c(SC2CCOC2=O)nc2scc(-c3cccs3)c2c1=O. The quantitative estimate of drug-likeness (QED) is 0.528. The number of hydrogen-bond donors (Lipinski definition) is 0. The van der Waals surface area contributed by atoms with Gasteiger partial charge in [-0.1, -0.05) is 17.8 Å². The molecule has 0 N–H and O–H groups in total. The number of ether oxygens (including phenoxy) is 1. The molecule has 23 heavy (non-hydrogen) atoms. The first-order valence-electron chi connectivity index (χ1n) is 7.00. The highest BCUT2D eigenvalue weighted by Gasteiger charge is 2.29. The van der Waals surface area contributed by atoms with Gasteiger partial charge in [-0.25, -0.2) is 4.98 Å². The highest BCUT2D eigenvalue weighted by Crippen LogP contribution is 2.35. The number of thiophene rings is 2. The van der Waals surface area contributed by atoms with Crippen molar-refractivity contribution in [1.82, 2.24) is 9.55 Å². The van der Waals surface area contributed by atoms with Gasteiger partial charge in [0.25, 0.3) is 5.56 Å². The summed E-state index contributed by atoms with van der Waals surface area (Å²) in [6.07, 6.45) is 0.655. The van der Waals surface area contributed by atoms with Crippen molar-refractivity contribution in [2.45, 2.75) is 16.8 Å². The fraction of sp³-hybridized carbons (Fsp3) is 0.267. The zero-order valence-electron chi connectivity index (χ0n) is 12.1. The molecule has 3 aromatic rings. The number of cyclic esters (lactones) is 1. The minimum atomic E-state index is -0.276. The molecule has 0 aromatic carbocycles. The molecule has 0 radical (unpaired) electrons. The molecular formula is C15H12N2O3S3. The van der Waals surface area contributed by atoms with Crippen LogP contribution < -0.4 is 5.56 Å². The average molecular weight is 364 g/mol. The van der Waals surface area contributed by atoms with Crippen molar-refractivity contribution in [2.75, 3.05) is 6.61 Å². The molecule has 3 aromatic heterocycles. The van der Waals surface area contributed by atoms with E-state index >= 15 is 0 Å². The molecule has 8 heteroatoms. The first kappa shape index (κ1) is 14.9. The fourth-order valence-electron chi connectivity index (χ4n) is 2.48. The van der Waals surface area contributed by atoms with Crippen molar-refractivity contribution < 1.29 is 9.53 Å². The Morgan fingerprint density at radius 2 is 2.26 bits per heavy atom. The summed E-state index contributed by atoms with van der Waals surface area (Å²) in [5.41, 5.74) is 0.860. The molecule has 1 atom stereocenters. The maximum atomic E-state index is 12.8. The Labute approximate surface area is 143 Å². The molecular weight excluding hydrogens is 352 g/mol. The largest absolute Gasteiger partial charge is 0.465 e. The lowest BCUT2D eigenvalue weighted by atomic mass is 10.2. The van der Waals surface area contributed by atoms with Crippen LogP contribution in [0.25, 0.3) is 20.7 Å². The van der Waals surface area contributed by atoms with Crippen LogP contribution in [-0.4, -0.2) is 27.4 Å². The lowest BCUT2D eigenvalue weighted by Gasteiger charge is -2.09. The van der Waals surface area contributed by atoms with Crippen LogP contribution in [0.4, 0.5) is 0 Å². The molecule has 118 valence electrons. The van der Waals surface area contributed by atoms with E-state index in [1.54, 1.807) is 18.4 Å². The molecule has 0 spiro atoms. The lowest BCUT2D eigenvalue weighted by Crippen LogP contribution is -2.21. The number of thioether (sulfide) groups is 1. The standard InChI is InChI=1S/C15H12N2O3S3/c1-17-13(18)11-8(9-3-2-6-21-9)7-22-12(11)16-15(17)23-10-4-5-20-14(10)19/h2-3,6-7,10H,4-5H2,1H3. The van der Waals surface area contributed by atoms with Gasteiger partial charge in [-0.2, -0.15) is 0 Å². The molecule has 0 aliphatic carbocycles. The monoisotopic (exact) mass is 364 g/mol.